The minimum Gasteiger partial charge on any atom is -0.298 e. The van der Waals surface area contributed by atoms with Crippen molar-refractivity contribution in [3.63, 3.8) is 0 Å². The van der Waals surface area contributed by atoms with Crippen LogP contribution in [0.4, 0.5) is 0 Å². The summed E-state index contributed by atoms with van der Waals surface area (Å²) in [6, 6.07) is 5.62. The van der Waals surface area contributed by atoms with Crippen LogP contribution in [0.25, 0.3) is 0 Å². The van der Waals surface area contributed by atoms with Gasteiger partial charge in [-0.2, -0.15) is 0 Å². The lowest BCUT2D eigenvalue weighted by Crippen LogP contribution is -2.26. The molecule has 0 saturated heterocycles. The van der Waals surface area contributed by atoms with Crippen molar-refractivity contribution in [1.82, 2.24) is 4.90 Å². The summed E-state index contributed by atoms with van der Waals surface area (Å²) in [6.07, 6.45) is 2.34. The van der Waals surface area contributed by atoms with E-state index in [0.717, 1.165) is 35.2 Å². The highest BCUT2D eigenvalue weighted by atomic mass is 35.5. The van der Waals surface area contributed by atoms with Gasteiger partial charge < -0.3 is 0 Å². The first kappa shape index (κ1) is 15.1. The molecule has 1 nitrogen and oxygen atoms in total. The zero-order chi connectivity index (χ0) is 12.7. The normalized spacial score (nSPS) is 11.1. The highest BCUT2D eigenvalue weighted by Gasteiger charge is 2.10. The summed E-state index contributed by atoms with van der Waals surface area (Å²) in [6.45, 7) is 4.85. The zero-order valence-electron chi connectivity index (χ0n) is 10.1. The molecule has 0 N–H and O–H groups in total. The van der Waals surface area contributed by atoms with E-state index >= 15 is 0 Å². The van der Waals surface area contributed by atoms with E-state index in [4.69, 9.17) is 34.8 Å². The molecular formula is C13H18Cl3N. The van der Waals surface area contributed by atoms with Crippen molar-refractivity contribution < 1.29 is 0 Å². The summed E-state index contributed by atoms with van der Waals surface area (Å²) < 4.78 is 0. The van der Waals surface area contributed by atoms with Crippen LogP contribution in [-0.4, -0.2) is 23.9 Å². The van der Waals surface area contributed by atoms with Crippen molar-refractivity contribution >= 4 is 34.8 Å². The van der Waals surface area contributed by atoms with E-state index in [1.807, 2.05) is 18.2 Å². The second-order valence-corrected chi connectivity index (χ2v) is 5.21. The first-order valence-electron chi connectivity index (χ1n) is 5.90. The van der Waals surface area contributed by atoms with Crippen LogP contribution in [0.5, 0.6) is 0 Å². The molecule has 17 heavy (non-hydrogen) atoms. The van der Waals surface area contributed by atoms with Gasteiger partial charge in [0.2, 0.25) is 0 Å². The van der Waals surface area contributed by atoms with Crippen LogP contribution in [0.2, 0.25) is 10.0 Å². The van der Waals surface area contributed by atoms with Crippen molar-refractivity contribution in [2.45, 2.75) is 26.3 Å². The van der Waals surface area contributed by atoms with Crippen LogP contribution < -0.4 is 0 Å². The van der Waals surface area contributed by atoms with E-state index < -0.39 is 0 Å². The topological polar surface area (TPSA) is 3.24 Å². The summed E-state index contributed by atoms with van der Waals surface area (Å²) in [5.74, 6) is 0.631. The number of halogens is 3. The predicted octanol–water partition coefficient (Wildman–Crippen LogP) is 4.83. The van der Waals surface area contributed by atoms with Gasteiger partial charge in [0.05, 0.1) is 0 Å². The summed E-state index contributed by atoms with van der Waals surface area (Å²) in [5.41, 5.74) is 0.997. The molecule has 0 unspecified atom stereocenters. The van der Waals surface area contributed by atoms with Gasteiger partial charge >= 0.3 is 0 Å². The van der Waals surface area contributed by atoms with Gasteiger partial charge in [0.25, 0.3) is 0 Å². The third kappa shape index (κ3) is 5.05. The third-order valence-corrected chi connectivity index (χ3v) is 3.55. The molecule has 0 amide bonds. The Morgan fingerprint density at radius 2 is 1.76 bits per heavy atom. The SMILES string of the molecule is CCCCN(CCCl)Cc1c(Cl)cccc1Cl. The average molecular weight is 295 g/mol. The number of alkyl halides is 1. The first-order chi connectivity index (χ1) is 8.19. The molecule has 0 aliphatic rings. The quantitative estimate of drug-likeness (QED) is 0.651. The molecule has 0 aromatic heterocycles. The van der Waals surface area contributed by atoms with Gasteiger partial charge in [-0.05, 0) is 25.1 Å². The van der Waals surface area contributed by atoms with Crippen LogP contribution in [0, 0.1) is 0 Å². The van der Waals surface area contributed by atoms with Gasteiger partial charge in [0.15, 0.2) is 0 Å². The summed E-state index contributed by atoms with van der Waals surface area (Å²) >= 11 is 18.1. The maximum absolute atomic E-state index is 6.16. The molecule has 96 valence electrons. The van der Waals surface area contributed by atoms with Crippen LogP contribution in [0.1, 0.15) is 25.3 Å². The molecule has 0 aliphatic heterocycles. The van der Waals surface area contributed by atoms with E-state index in [1.165, 1.54) is 12.8 Å². The third-order valence-electron chi connectivity index (χ3n) is 2.67. The number of hydrogen-bond acceptors (Lipinski definition) is 1. The zero-order valence-corrected chi connectivity index (χ0v) is 12.3. The highest BCUT2D eigenvalue weighted by molar-refractivity contribution is 6.35. The summed E-state index contributed by atoms with van der Waals surface area (Å²) in [7, 11) is 0. The standard InChI is InChI=1S/C13H18Cl3N/c1-2-3-8-17(9-7-14)10-11-12(15)5-4-6-13(11)16/h4-6H,2-3,7-10H2,1H3. The van der Waals surface area contributed by atoms with Crippen LogP contribution in [0.15, 0.2) is 18.2 Å². The molecule has 1 aromatic carbocycles. The number of rotatable bonds is 7. The van der Waals surface area contributed by atoms with Gasteiger partial charge in [0, 0.05) is 34.6 Å². The Bertz CT molecular complexity index is 321. The van der Waals surface area contributed by atoms with Gasteiger partial charge in [-0.3, -0.25) is 4.90 Å². The molecule has 1 aromatic rings. The Kier molecular flexibility index (Phi) is 7.29. The maximum atomic E-state index is 6.16. The first-order valence-corrected chi connectivity index (χ1v) is 7.19. The second-order valence-electron chi connectivity index (χ2n) is 4.02. The molecule has 0 aliphatic carbocycles. The van der Waals surface area contributed by atoms with Crippen molar-refractivity contribution in [3.8, 4) is 0 Å². The Morgan fingerprint density at radius 1 is 1.12 bits per heavy atom. The number of nitrogens with zero attached hydrogens (tertiary/aromatic N) is 1. The molecule has 0 saturated carbocycles. The van der Waals surface area contributed by atoms with Crippen molar-refractivity contribution in [2.75, 3.05) is 19.0 Å². The number of benzene rings is 1. The Hall–Kier alpha value is 0.0500. The lowest BCUT2D eigenvalue weighted by Gasteiger charge is -2.22. The van der Waals surface area contributed by atoms with E-state index in [-0.39, 0.29) is 0 Å². The van der Waals surface area contributed by atoms with Gasteiger partial charge in [-0.15, -0.1) is 11.6 Å². The molecule has 0 heterocycles. The lowest BCUT2D eigenvalue weighted by molar-refractivity contribution is 0.277. The van der Waals surface area contributed by atoms with E-state index in [9.17, 15) is 0 Å². The summed E-state index contributed by atoms with van der Waals surface area (Å²) in [4.78, 5) is 2.30. The smallest absolute Gasteiger partial charge is 0.0465 e. The Labute approximate surface area is 119 Å². The fourth-order valence-corrected chi connectivity index (χ4v) is 2.43. The van der Waals surface area contributed by atoms with Crippen molar-refractivity contribution in [1.29, 1.82) is 0 Å². The molecule has 0 bridgehead atoms. The highest BCUT2D eigenvalue weighted by Crippen LogP contribution is 2.25. The summed E-state index contributed by atoms with van der Waals surface area (Å²) in [5, 5.41) is 1.46. The lowest BCUT2D eigenvalue weighted by atomic mass is 10.2. The van der Waals surface area contributed by atoms with Gasteiger partial charge in [-0.1, -0.05) is 42.6 Å². The average Bonchev–Trinajstić information content (AvgIpc) is 2.31. The van der Waals surface area contributed by atoms with Crippen LogP contribution in [-0.2, 0) is 6.54 Å². The van der Waals surface area contributed by atoms with E-state index in [0.29, 0.717) is 5.88 Å². The maximum Gasteiger partial charge on any atom is 0.0465 e. The van der Waals surface area contributed by atoms with Gasteiger partial charge in [-0.25, -0.2) is 0 Å². The van der Waals surface area contributed by atoms with Crippen LogP contribution in [0.3, 0.4) is 0 Å². The van der Waals surface area contributed by atoms with Gasteiger partial charge in [0.1, 0.15) is 0 Å². The number of hydrogen-bond donors (Lipinski definition) is 0. The fourth-order valence-electron chi connectivity index (χ4n) is 1.68. The molecule has 0 atom stereocenters. The monoisotopic (exact) mass is 293 g/mol. The predicted molar refractivity (Wildman–Crippen MR) is 77.4 cm³/mol. The molecule has 4 heteroatoms. The molecule has 0 spiro atoms. The Balaban J connectivity index is 2.70. The second kappa shape index (κ2) is 8.20. The fraction of sp³-hybridized carbons (Fsp3) is 0.538. The van der Waals surface area contributed by atoms with Crippen molar-refractivity contribution in [3.05, 3.63) is 33.8 Å². The Morgan fingerprint density at radius 3 is 2.29 bits per heavy atom. The van der Waals surface area contributed by atoms with E-state index in [1.54, 1.807) is 0 Å². The number of unbranched alkanes of at least 4 members (excludes halogenated alkanes) is 1. The van der Waals surface area contributed by atoms with Crippen LogP contribution >= 0.6 is 34.8 Å². The minimum atomic E-state index is 0.631. The molecule has 1 rings (SSSR count). The minimum absolute atomic E-state index is 0.631. The largest absolute Gasteiger partial charge is 0.298 e. The van der Waals surface area contributed by atoms with E-state index in [2.05, 4.69) is 11.8 Å². The molecule has 0 radical (unpaired) electrons. The molecule has 0 fully saturated rings. The molecular weight excluding hydrogens is 277 g/mol. The van der Waals surface area contributed by atoms with Crippen molar-refractivity contribution in [2.24, 2.45) is 0 Å².